The summed E-state index contributed by atoms with van der Waals surface area (Å²) in [7, 11) is 1.72. The van der Waals surface area contributed by atoms with Crippen molar-refractivity contribution in [3.63, 3.8) is 0 Å². The average Bonchev–Trinajstić information content (AvgIpc) is 3.16. The first-order valence-corrected chi connectivity index (χ1v) is 9.25. The van der Waals surface area contributed by atoms with E-state index >= 15 is 0 Å². The number of aromatic nitrogens is 2. The van der Waals surface area contributed by atoms with Crippen LogP contribution < -0.4 is 5.56 Å². The molecule has 1 aliphatic rings. The lowest BCUT2D eigenvalue weighted by Crippen LogP contribution is -2.36. The zero-order valence-corrected chi connectivity index (χ0v) is 15.8. The molecule has 1 unspecified atom stereocenters. The summed E-state index contributed by atoms with van der Waals surface area (Å²) in [4.78, 5) is 30.7. The molecule has 0 saturated carbocycles. The largest absolute Gasteiger partial charge is 0.444 e. The van der Waals surface area contributed by atoms with Gasteiger partial charge in [-0.2, -0.15) is 0 Å². The fourth-order valence-corrected chi connectivity index (χ4v) is 3.82. The van der Waals surface area contributed by atoms with Gasteiger partial charge in [-0.25, -0.2) is 9.78 Å². The Kier molecular flexibility index (Phi) is 4.69. The molecule has 0 spiro atoms. The Balaban J connectivity index is 1.82. The molecular formula is C18H23N3O3S. The van der Waals surface area contributed by atoms with E-state index in [1.807, 2.05) is 32.2 Å². The zero-order chi connectivity index (χ0) is 18.2. The Morgan fingerprint density at radius 3 is 2.84 bits per heavy atom. The van der Waals surface area contributed by atoms with Crippen molar-refractivity contribution in [2.45, 2.75) is 45.3 Å². The summed E-state index contributed by atoms with van der Waals surface area (Å²) in [6, 6.07) is 3.40. The molecule has 0 N–H and O–H groups in total. The predicted octanol–water partition coefficient (Wildman–Crippen LogP) is 3.58. The van der Waals surface area contributed by atoms with E-state index in [0.717, 1.165) is 29.1 Å². The molecule has 0 aliphatic carbocycles. The minimum atomic E-state index is -0.512. The van der Waals surface area contributed by atoms with Gasteiger partial charge in [0, 0.05) is 36.8 Å². The van der Waals surface area contributed by atoms with Crippen molar-refractivity contribution in [1.82, 2.24) is 14.5 Å². The molecule has 1 saturated heterocycles. The maximum absolute atomic E-state index is 12.4. The van der Waals surface area contributed by atoms with E-state index in [2.05, 4.69) is 4.98 Å². The number of thiazole rings is 1. The van der Waals surface area contributed by atoms with Gasteiger partial charge in [-0.15, -0.1) is 11.3 Å². The van der Waals surface area contributed by atoms with E-state index < -0.39 is 5.60 Å². The van der Waals surface area contributed by atoms with E-state index in [-0.39, 0.29) is 17.7 Å². The highest BCUT2D eigenvalue weighted by atomic mass is 32.1. The third-order valence-corrected chi connectivity index (χ3v) is 5.03. The van der Waals surface area contributed by atoms with Gasteiger partial charge in [0.05, 0.1) is 11.7 Å². The van der Waals surface area contributed by atoms with Gasteiger partial charge in [-0.1, -0.05) is 0 Å². The number of nitrogens with zero attached hydrogens (tertiary/aromatic N) is 3. The monoisotopic (exact) mass is 361 g/mol. The second-order valence-corrected chi connectivity index (χ2v) is 8.16. The van der Waals surface area contributed by atoms with Gasteiger partial charge < -0.3 is 9.30 Å². The molecule has 0 bridgehead atoms. The Hall–Kier alpha value is -2.15. The predicted molar refractivity (Wildman–Crippen MR) is 97.7 cm³/mol. The standard InChI is InChI=1S/C18H23N3O3S/c1-18(2,3)24-17(23)21-8-5-6-14(21)16-19-13(11-25-16)12-7-9-20(4)15(22)10-12/h7,9-11,14H,5-6,8H2,1-4H3. The van der Waals surface area contributed by atoms with E-state index in [9.17, 15) is 9.59 Å². The van der Waals surface area contributed by atoms with Crippen LogP contribution in [0.1, 0.15) is 44.7 Å². The number of carbonyl (C=O) groups is 1. The minimum Gasteiger partial charge on any atom is -0.444 e. The number of ether oxygens (including phenoxy) is 1. The lowest BCUT2D eigenvalue weighted by molar-refractivity contribution is 0.0224. The van der Waals surface area contributed by atoms with E-state index in [4.69, 9.17) is 4.74 Å². The van der Waals surface area contributed by atoms with E-state index in [1.54, 1.807) is 24.2 Å². The Bertz CT molecular complexity index is 835. The summed E-state index contributed by atoms with van der Waals surface area (Å²) in [5, 5.41) is 2.83. The lowest BCUT2D eigenvalue weighted by atomic mass is 10.2. The first kappa shape index (κ1) is 17.7. The number of rotatable bonds is 2. The summed E-state index contributed by atoms with van der Waals surface area (Å²) < 4.78 is 7.04. The minimum absolute atomic E-state index is 0.0554. The smallest absolute Gasteiger partial charge is 0.410 e. The molecule has 1 atom stereocenters. The van der Waals surface area contributed by atoms with Crippen LogP contribution in [0.5, 0.6) is 0 Å². The van der Waals surface area contributed by atoms with Crippen molar-refractivity contribution in [3.8, 4) is 11.3 Å². The van der Waals surface area contributed by atoms with Crippen LogP contribution >= 0.6 is 11.3 Å². The maximum Gasteiger partial charge on any atom is 0.410 e. The summed E-state index contributed by atoms with van der Waals surface area (Å²) in [6.07, 6.45) is 3.26. The number of likely N-dealkylation sites (tertiary alicyclic amines) is 1. The number of amides is 1. The Labute approximate surface area is 151 Å². The van der Waals surface area contributed by atoms with E-state index in [0.29, 0.717) is 6.54 Å². The highest BCUT2D eigenvalue weighted by Crippen LogP contribution is 2.36. The molecule has 7 heteroatoms. The van der Waals surface area contributed by atoms with Crippen LogP contribution in [0.2, 0.25) is 0 Å². The number of aryl methyl sites for hydroxylation is 1. The molecule has 25 heavy (non-hydrogen) atoms. The van der Waals surface area contributed by atoms with Gasteiger partial charge in [0.2, 0.25) is 0 Å². The van der Waals surface area contributed by atoms with Crippen LogP contribution in [-0.2, 0) is 11.8 Å². The van der Waals surface area contributed by atoms with Gasteiger partial charge >= 0.3 is 6.09 Å². The van der Waals surface area contributed by atoms with Crippen LogP contribution in [0.4, 0.5) is 4.79 Å². The number of pyridine rings is 1. The highest BCUT2D eigenvalue weighted by Gasteiger charge is 2.34. The molecular weight excluding hydrogens is 338 g/mol. The highest BCUT2D eigenvalue weighted by molar-refractivity contribution is 7.10. The quantitative estimate of drug-likeness (QED) is 0.820. The summed E-state index contributed by atoms with van der Waals surface area (Å²) in [6.45, 7) is 6.29. The van der Waals surface area contributed by atoms with Gasteiger partial charge in [-0.05, 0) is 39.7 Å². The number of hydrogen-bond donors (Lipinski definition) is 0. The van der Waals surface area contributed by atoms with Gasteiger partial charge in [0.25, 0.3) is 5.56 Å². The van der Waals surface area contributed by atoms with Crippen molar-refractivity contribution in [2.75, 3.05) is 6.54 Å². The van der Waals surface area contributed by atoms with Crippen LogP contribution in [0.3, 0.4) is 0 Å². The molecule has 6 nitrogen and oxygen atoms in total. The first-order chi connectivity index (χ1) is 11.7. The van der Waals surface area contributed by atoms with E-state index in [1.165, 1.54) is 15.9 Å². The van der Waals surface area contributed by atoms with Crippen molar-refractivity contribution in [1.29, 1.82) is 0 Å². The molecule has 1 fully saturated rings. The molecule has 3 heterocycles. The normalized spacial score (nSPS) is 17.8. The third-order valence-electron chi connectivity index (χ3n) is 4.09. The van der Waals surface area contributed by atoms with Crippen LogP contribution in [0.25, 0.3) is 11.3 Å². The summed E-state index contributed by atoms with van der Waals surface area (Å²) in [5.74, 6) is 0. The lowest BCUT2D eigenvalue weighted by Gasteiger charge is -2.27. The molecule has 3 rings (SSSR count). The fraction of sp³-hybridized carbons (Fsp3) is 0.500. The maximum atomic E-state index is 12.4. The molecule has 2 aromatic heterocycles. The van der Waals surface area contributed by atoms with Crippen molar-refractivity contribution < 1.29 is 9.53 Å². The van der Waals surface area contributed by atoms with Crippen LogP contribution in [0.15, 0.2) is 28.5 Å². The van der Waals surface area contributed by atoms with Crippen LogP contribution in [-0.4, -0.2) is 32.7 Å². The van der Waals surface area contributed by atoms with Crippen molar-refractivity contribution >= 4 is 17.4 Å². The van der Waals surface area contributed by atoms with Crippen molar-refractivity contribution in [2.24, 2.45) is 7.05 Å². The molecule has 0 aromatic carbocycles. The first-order valence-electron chi connectivity index (χ1n) is 8.37. The molecule has 0 radical (unpaired) electrons. The average molecular weight is 361 g/mol. The molecule has 2 aromatic rings. The molecule has 1 amide bonds. The Morgan fingerprint density at radius 2 is 2.16 bits per heavy atom. The summed E-state index contributed by atoms with van der Waals surface area (Å²) in [5.41, 5.74) is 0.993. The molecule has 134 valence electrons. The van der Waals surface area contributed by atoms with Gasteiger partial charge in [0.15, 0.2) is 0 Å². The summed E-state index contributed by atoms with van der Waals surface area (Å²) >= 11 is 1.52. The second-order valence-electron chi connectivity index (χ2n) is 7.27. The van der Waals surface area contributed by atoms with Crippen molar-refractivity contribution in [3.05, 3.63) is 39.1 Å². The number of carbonyl (C=O) groups excluding carboxylic acids is 1. The Morgan fingerprint density at radius 1 is 1.40 bits per heavy atom. The second kappa shape index (κ2) is 6.63. The topological polar surface area (TPSA) is 64.4 Å². The zero-order valence-electron chi connectivity index (χ0n) is 15.0. The third kappa shape index (κ3) is 3.92. The molecule has 1 aliphatic heterocycles. The van der Waals surface area contributed by atoms with Gasteiger partial charge in [-0.3, -0.25) is 9.69 Å². The SMILES string of the molecule is Cn1ccc(-c2csc(C3CCCN3C(=O)OC(C)(C)C)n2)cc1=O. The van der Waals surface area contributed by atoms with Crippen LogP contribution in [0, 0.1) is 0 Å². The van der Waals surface area contributed by atoms with Gasteiger partial charge in [0.1, 0.15) is 10.6 Å². The fourth-order valence-electron chi connectivity index (χ4n) is 2.84. The number of hydrogen-bond acceptors (Lipinski definition) is 5.